The van der Waals surface area contributed by atoms with Crippen molar-refractivity contribution in [2.24, 2.45) is 5.73 Å². The minimum absolute atomic E-state index is 0.236. The van der Waals surface area contributed by atoms with Crippen molar-refractivity contribution in [2.75, 3.05) is 13.6 Å². The monoisotopic (exact) mass is 213 g/mol. The van der Waals surface area contributed by atoms with Crippen LogP contribution < -0.4 is 5.73 Å². The Bertz CT molecular complexity index is 330. The second kappa shape index (κ2) is 4.93. The number of nitrogens with zero attached hydrogens (tertiary/aromatic N) is 2. The third kappa shape index (κ3) is 3.72. The van der Waals surface area contributed by atoms with Gasteiger partial charge >= 0.3 is 0 Å². The van der Waals surface area contributed by atoms with Gasteiger partial charge in [-0.3, -0.25) is 9.69 Å². The van der Waals surface area contributed by atoms with E-state index in [0.29, 0.717) is 11.7 Å². The first kappa shape index (κ1) is 10.9. The predicted molar refractivity (Wildman–Crippen MR) is 54.8 cm³/mol. The number of carbonyl (C=O) groups excluding carboxylic acids is 1. The van der Waals surface area contributed by atoms with Crippen LogP contribution in [0.1, 0.15) is 5.56 Å². The van der Waals surface area contributed by atoms with E-state index in [1.54, 1.807) is 12.3 Å². The highest BCUT2D eigenvalue weighted by atomic mass is 35.5. The first-order chi connectivity index (χ1) is 6.58. The summed E-state index contributed by atoms with van der Waals surface area (Å²) >= 11 is 5.71. The van der Waals surface area contributed by atoms with E-state index in [0.717, 1.165) is 5.56 Å². The Hall–Kier alpha value is -1.13. The molecule has 14 heavy (non-hydrogen) atoms. The molecule has 76 valence electrons. The summed E-state index contributed by atoms with van der Waals surface area (Å²) in [5.74, 6) is -0.340. The van der Waals surface area contributed by atoms with Gasteiger partial charge in [0.15, 0.2) is 0 Å². The van der Waals surface area contributed by atoms with Crippen LogP contribution in [-0.2, 0) is 11.3 Å². The summed E-state index contributed by atoms with van der Waals surface area (Å²) in [6, 6.07) is 3.61. The van der Waals surface area contributed by atoms with Crippen molar-refractivity contribution < 1.29 is 4.79 Å². The Morgan fingerprint density at radius 3 is 3.00 bits per heavy atom. The van der Waals surface area contributed by atoms with Crippen LogP contribution in [0.4, 0.5) is 0 Å². The first-order valence-electron chi connectivity index (χ1n) is 4.15. The van der Waals surface area contributed by atoms with Crippen LogP contribution in [0.3, 0.4) is 0 Å². The number of pyridine rings is 1. The van der Waals surface area contributed by atoms with Crippen molar-refractivity contribution in [3.8, 4) is 0 Å². The van der Waals surface area contributed by atoms with Crippen LogP contribution in [0, 0.1) is 0 Å². The van der Waals surface area contributed by atoms with Crippen LogP contribution in [0.15, 0.2) is 18.3 Å². The number of rotatable bonds is 4. The van der Waals surface area contributed by atoms with Gasteiger partial charge in [0.25, 0.3) is 0 Å². The second-order valence-corrected chi connectivity index (χ2v) is 3.51. The van der Waals surface area contributed by atoms with Gasteiger partial charge < -0.3 is 5.73 Å². The molecule has 4 nitrogen and oxygen atoms in total. The van der Waals surface area contributed by atoms with Crippen molar-refractivity contribution in [1.29, 1.82) is 0 Å². The lowest BCUT2D eigenvalue weighted by Gasteiger charge is -2.14. The quantitative estimate of drug-likeness (QED) is 0.748. The van der Waals surface area contributed by atoms with Gasteiger partial charge in [0, 0.05) is 12.7 Å². The highest BCUT2D eigenvalue weighted by Gasteiger charge is 2.03. The van der Waals surface area contributed by atoms with Crippen LogP contribution in [-0.4, -0.2) is 29.4 Å². The number of carbonyl (C=O) groups is 1. The van der Waals surface area contributed by atoms with Gasteiger partial charge in [0.05, 0.1) is 6.54 Å². The Kier molecular flexibility index (Phi) is 3.85. The molecule has 0 radical (unpaired) electrons. The summed E-state index contributed by atoms with van der Waals surface area (Å²) in [7, 11) is 1.82. The molecule has 0 aliphatic rings. The van der Waals surface area contributed by atoms with E-state index < -0.39 is 0 Å². The average molecular weight is 214 g/mol. The van der Waals surface area contributed by atoms with Gasteiger partial charge in [-0.1, -0.05) is 11.6 Å². The predicted octanol–water partition coefficient (Wildman–Crippen LogP) is 0.652. The molecule has 0 bridgehead atoms. The number of aromatic nitrogens is 1. The maximum Gasteiger partial charge on any atom is 0.231 e. The number of nitrogens with two attached hydrogens (primary N) is 1. The van der Waals surface area contributed by atoms with Crippen LogP contribution in [0.25, 0.3) is 0 Å². The highest BCUT2D eigenvalue weighted by Crippen LogP contribution is 2.08. The molecule has 0 aliphatic carbocycles. The number of likely N-dealkylation sites (N-methyl/N-ethyl adjacent to an activating group) is 1. The maximum atomic E-state index is 10.6. The third-order valence-corrected chi connectivity index (χ3v) is 1.88. The molecular weight excluding hydrogens is 202 g/mol. The topological polar surface area (TPSA) is 59.2 Å². The largest absolute Gasteiger partial charge is 0.369 e. The van der Waals surface area contributed by atoms with Gasteiger partial charge in [0.1, 0.15) is 5.15 Å². The van der Waals surface area contributed by atoms with Gasteiger partial charge in [-0.15, -0.1) is 0 Å². The zero-order valence-electron chi connectivity index (χ0n) is 7.90. The molecule has 2 N–H and O–H groups in total. The molecule has 1 amide bonds. The minimum atomic E-state index is -0.340. The number of primary amides is 1. The standard InChI is InChI=1S/C9H12ClN3O/c1-13(6-9(11)14)5-7-2-3-12-8(10)4-7/h2-4H,5-6H2,1H3,(H2,11,14). The van der Waals surface area contributed by atoms with Gasteiger partial charge in [-0.2, -0.15) is 0 Å². The summed E-state index contributed by atoms with van der Waals surface area (Å²) in [6.45, 7) is 0.866. The molecular formula is C9H12ClN3O. The molecule has 0 atom stereocenters. The lowest BCUT2D eigenvalue weighted by atomic mass is 10.2. The van der Waals surface area contributed by atoms with Crippen LogP contribution >= 0.6 is 11.6 Å². The molecule has 0 aliphatic heterocycles. The van der Waals surface area contributed by atoms with Crippen molar-refractivity contribution >= 4 is 17.5 Å². The maximum absolute atomic E-state index is 10.6. The van der Waals surface area contributed by atoms with Crippen molar-refractivity contribution in [3.05, 3.63) is 29.0 Å². The fraction of sp³-hybridized carbons (Fsp3) is 0.333. The SMILES string of the molecule is CN(CC(N)=O)Cc1ccnc(Cl)c1. The Morgan fingerprint density at radius 1 is 1.71 bits per heavy atom. The fourth-order valence-electron chi connectivity index (χ4n) is 1.17. The summed E-state index contributed by atoms with van der Waals surface area (Å²) in [6.07, 6.45) is 1.63. The summed E-state index contributed by atoms with van der Waals surface area (Å²) < 4.78 is 0. The molecule has 0 spiro atoms. The Balaban J connectivity index is 2.55. The average Bonchev–Trinajstić information content (AvgIpc) is 2.01. The summed E-state index contributed by atoms with van der Waals surface area (Å²) in [4.78, 5) is 16.3. The lowest BCUT2D eigenvalue weighted by molar-refractivity contribution is -0.118. The number of halogens is 1. The van der Waals surface area contributed by atoms with Gasteiger partial charge in [0.2, 0.25) is 5.91 Å². The molecule has 0 unspecified atom stereocenters. The van der Waals surface area contributed by atoms with E-state index in [9.17, 15) is 4.79 Å². The minimum Gasteiger partial charge on any atom is -0.369 e. The molecule has 1 aromatic rings. The summed E-state index contributed by atoms with van der Waals surface area (Å²) in [5, 5.41) is 0.454. The zero-order valence-corrected chi connectivity index (χ0v) is 8.66. The Labute approximate surface area is 87.7 Å². The second-order valence-electron chi connectivity index (χ2n) is 3.13. The van der Waals surface area contributed by atoms with E-state index in [4.69, 9.17) is 17.3 Å². The van der Waals surface area contributed by atoms with E-state index in [-0.39, 0.29) is 12.5 Å². The van der Waals surface area contributed by atoms with Crippen LogP contribution in [0.5, 0.6) is 0 Å². The van der Waals surface area contributed by atoms with Crippen LogP contribution in [0.2, 0.25) is 5.15 Å². The van der Waals surface area contributed by atoms with E-state index in [1.807, 2.05) is 18.0 Å². The number of hydrogen-bond acceptors (Lipinski definition) is 3. The molecule has 0 aromatic carbocycles. The molecule has 0 fully saturated rings. The van der Waals surface area contributed by atoms with Crippen molar-refractivity contribution in [3.63, 3.8) is 0 Å². The molecule has 0 saturated heterocycles. The first-order valence-corrected chi connectivity index (χ1v) is 4.53. The highest BCUT2D eigenvalue weighted by molar-refractivity contribution is 6.29. The van der Waals surface area contributed by atoms with Crippen molar-refractivity contribution in [2.45, 2.75) is 6.54 Å². The smallest absolute Gasteiger partial charge is 0.231 e. The van der Waals surface area contributed by atoms with E-state index in [1.165, 1.54) is 0 Å². The van der Waals surface area contributed by atoms with E-state index in [2.05, 4.69) is 4.98 Å². The molecule has 1 rings (SSSR count). The van der Waals surface area contributed by atoms with Gasteiger partial charge in [-0.25, -0.2) is 4.98 Å². The number of amides is 1. The molecule has 1 heterocycles. The molecule has 5 heteroatoms. The number of hydrogen-bond donors (Lipinski definition) is 1. The third-order valence-electron chi connectivity index (χ3n) is 1.67. The zero-order chi connectivity index (χ0) is 10.6. The normalized spacial score (nSPS) is 10.5. The fourth-order valence-corrected chi connectivity index (χ4v) is 1.37. The summed E-state index contributed by atoms with van der Waals surface area (Å²) in [5.41, 5.74) is 6.07. The Morgan fingerprint density at radius 2 is 2.43 bits per heavy atom. The lowest BCUT2D eigenvalue weighted by Crippen LogP contribution is -2.30. The molecule has 1 aromatic heterocycles. The molecule has 0 saturated carbocycles. The van der Waals surface area contributed by atoms with Crippen molar-refractivity contribution in [1.82, 2.24) is 9.88 Å². The van der Waals surface area contributed by atoms with E-state index >= 15 is 0 Å². The van der Waals surface area contributed by atoms with Gasteiger partial charge in [-0.05, 0) is 24.7 Å².